The van der Waals surface area contributed by atoms with Crippen LogP contribution in [0.25, 0.3) is 21.3 Å². The molecule has 0 aliphatic carbocycles. The second kappa shape index (κ2) is 9.05. The van der Waals surface area contributed by atoms with Crippen LogP contribution in [0, 0.1) is 6.92 Å². The predicted octanol–water partition coefficient (Wildman–Crippen LogP) is 5.09. The largest absolute Gasteiger partial charge is 0.488 e. The number of fused-ring (bicyclic) bond motifs is 1. The van der Waals surface area contributed by atoms with Gasteiger partial charge in [0.2, 0.25) is 11.8 Å². The maximum Gasteiger partial charge on any atom is 0.230 e. The average molecular weight is 484 g/mol. The monoisotopic (exact) mass is 483 g/mol. The van der Waals surface area contributed by atoms with Crippen molar-refractivity contribution in [3.63, 3.8) is 0 Å². The highest BCUT2D eigenvalue weighted by Crippen LogP contribution is 2.42. The number of nitrogens with one attached hydrogen (secondary N) is 1. The number of amides is 2. The van der Waals surface area contributed by atoms with Crippen LogP contribution >= 0.6 is 22.9 Å². The summed E-state index contributed by atoms with van der Waals surface area (Å²) in [5.41, 5.74) is 3.76. The number of hydrogen-bond acceptors (Lipinski definition) is 6. The fraction of sp³-hybridized carbons (Fsp3) is 0.400. The van der Waals surface area contributed by atoms with Crippen LogP contribution in [0.4, 0.5) is 0 Å². The molecule has 172 valence electrons. The highest BCUT2D eigenvalue weighted by atomic mass is 35.5. The maximum absolute atomic E-state index is 12.1. The maximum atomic E-state index is 12.1. The number of aryl methyl sites for hydroxylation is 1. The summed E-state index contributed by atoms with van der Waals surface area (Å²) < 4.78 is 7.53. The van der Waals surface area contributed by atoms with Crippen LogP contribution in [-0.4, -0.2) is 40.4 Å². The Labute approximate surface area is 201 Å². The molecule has 5 rings (SSSR count). The van der Waals surface area contributed by atoms with E-state index in [1.807, 2.05) is 31.2 Å². The van der Waals surface area contributed by atoms with Crippen molar-refractivity contribution in [1.82, 2.24) is 15.2 Å². The fourth-order valence-electron chi connectivity index (χ4n) is 4.56. The lowest BCUT2D eigenvalue weighted by Crippen LogP contribution is -2.42. The highest BCUT2D eigenvalue weighted by Gasteiger charge is 2.29. The van der Waals surface area contributed by atoms with Crippen molar-refractivity contribution in [3.05, 3.63) is 45.9 Å². The first kappa shape index (κ1) is 22.3. The molecule has 0 radical (unpaired) electrons. The van der Waals surface area contributed by atoms with Gasteiger partial charge in [-0.3, -0.25) is 19.5 Å². The first-order valence-corrected chi connectivity index (χ1v) is 12.5. The number of aromatic nitrogens is 1. The molecule has 6 nitrogen and oxygen atoms in total. The molecule has 2 aliphatic heterocycles. The number of carbonyl (C=O) groups excluding carboxylic acids is 2. The van der Waals surface area contributed by atoms with Crippen molar-refractivity contribution in [2.24, 2.45) is 0 Å². The lowest BCUT2D eigenvalue weighted by molar-refractivity contribution is -0.138. The number of likely N-dealkylation sites (tertiary alicyclic amines) is 1. The van der Waals surface area contributed by atoms with Gasteiger partial charge in [0.05, 0.1) is 16.8 Å². The van der Waals surface area contributed by atoms with E-state index >= 15 is 0 Å². The van der Waals surface area contributed by atoms with E-state index < -0.39 is 0 Å². The first-order chi connectivity index (χ1) is 15.9. The zero-order valence-electron chi connectivity index (χ0n) is 18.7. The van der Waals surface area contributed by atoms with Gasteiger partial charge in [0, 0.05) is 52.7 Å². The SMILES string of the molecule is Cc1cc(Cl)cc(-c2ccnc3cc(CN4C(=O)CCC4=O)sc23)c1O[C@H]1CC[C@@H](C)NC1. The van der Waals surface area contributed by atoms with Crippen molar-refractivity contribution in [2.45, 2.75) is 58.2 Å². The lowest BCUT2D eigenvalue weighted by Gasteiger charge is -2.29. The van der Waals surface area contributed by atoms with Crippen molar-refractivity contribution < 1.29 is 14.3 Å². The number of hydrogen-bond donors (Lipinski definition) is 1. The Hall–Kier alpha value is -2.48. The van der Waals surface area contributed by atoms with E-state index in [2.05, 4.69) is 17.2 Å². The number of pyridine rings is 1. The summed E-state index contributed by atoms with van der Waals surface area (Å²) in [6.07, 6.45) is 4.55. The van der Waals surface area contributed by atoms with E-state index in [0.29, 0.717) is 30.5 Å². The van der Waals surface area contributed by atoms with Gasteiger partial charge in [-0.25, -0.2) is 0 Å². The number of benzene rings is 1. The predicted molar refractivity (Wildman–Crippen MR) is 131 cm³/mol. The highest BCUT2D eigenvalue weighted by molar-refractivity contribution is 7.19. The summed E-state index contributed by atoms with van der Waals surface area (Å²) in [7, 11) is 0. The van der Waals surface area contributed by atoms with Gasteiger partial charge in [-0.05, 0) is 56.5 Å². The van der Waals surface area contributed by atoms with Crippen LogP contribution in [0.15, 0.2) is 30.5 Å². The second-order valence-electron chi connectivity index (χ2n) is 8.89. The Morgan fingerprint density at radius 3 is 2.70 bits per heavy atom. The molecule has 1 N–H and O–H groups in total. The normalized spacial score (nSPS) is 21.2. The Balaban J connectivity index is 1.52. The zero-order valence-corrected chi connectivity index (χ0v) is 20.3. The van der Waals surface area contributed by atoms with Crippen LogP contribution in [0.2, 0.25) is 5.02 Å². The fourth-order valence-corrected chi connectivity index (χ4v) is 5.96. The summed E-state index contributed by atoms with van der Waals surface area (Å²) >= 11 is 8.03. The molecule has 0 spiro atoms. The van der Waals surface area contributed by atoms with E-state index in [9.17, 15) is 9.59 Å². The molecular weight excluding hydrogens is 458 g/mol. The molecule has 2 saturated heterocycles. The van der Waals surface area contributed by atoms with Gasteiger partial charge in [-0.2, -0.15) is 0 Å². The van der Waals surface area contributed by atoms with Gasteiger partial charge in [0.15, 0.2) is 0 Å². The van der Waals surface area contributed by atoms with Gasteiger partial charge < -0.3 is 10.1 Å². The van der Waals surface area contributed by atoms with Crippen molar-refractivity contribution in [3.8, 4) is 16.9 Å². The smallest absolute Gasteiger partial charge is 0.230 e. The van der Waals surface area contributed by atoms with Crippen molar-refractivity contribution in [1.29, 1.82) is 0 Å². The molecule has 2 atom stereocenters. The molecule has 33 heavy (non-hydrogen) atoms. The lowest BCUT2D eigenvalue weighted by atomic mass is 10.0. The van der Waals surface area contributed by atoms with Crippen LogP contribution < -0.4 is 10.1 Å². The van der Waals surface area contributed by atoms with Crippen LogP contribution in [0.5, 0.6) is 5.75 Å². The molecule has 0 unspecified atom stereocenters. The van der Waals surface area contributed by atoms with E-state index in [4.69, 9.17) is 16.3 Å². The van der Waals surface area contributed by atoms with E-state index in [0.717, 1.165) is 56.9 Å². The van der Waals surface area contributed by atoms with Crippen molar-refractivity contribution >= 4 is 45.0 Å². The number of halogens is 1. The average Bonchev–Trinajstić information content (AvgIpc) is 3.34. The molecule has 8 heteroatoms. The van der Waals surface area contributed by atoms with Crippen LogP contribution in [0.3, 0.4) is 0 Å². The number of piperidine rings is 1. The number of imide groups is 1. The van der Waals surface area contributed by atoms with Gasteiger partial charge in [-0.15, -0.1) is 11.3 Å². The molecule has 4 heterocycles. The Kier molecular flexibility index (Phi) is 6.12. The minimum Gasteiger partial charge on any atom is -0.488 e. The third kappa shape index (κ3) is 4.50. The molecular formula is C25H26ClN3O3S. The second-order valence-corrected chi connectivity index (χ2v) is 10.5. The number of nitrogens with zero attached hydrogens (tertiary/aromatic N) is 2. The molecule has 2 fully saturated rings. The number of rotatable bonds is 5. The van der Waals surface area contributed by atoms with Crippen LogP contribution in [0.1, 0.15) is 43.0 Å². The number of thiophene rings is 1. The topological polar surface area (TPSA) is 71.5 Å². The molecule has 0 bridgehead atoms. The summed E-state index contributed by atoms with van der Waals surface area (Å²) in [6.45, 7) is 5.32. The number of ether oxygens (including phenoxy) is 1. The molecule has 2 aliphatic rings. The Bertz CT molecular complexity index is 1220. The summed E-state index contributed by atoms with van der Waals surface area (Å²) in [5.74, 6) is 0.623. The molecule has 0 saturated carbocycles. The third-order valence-corrected chi connectivity index (χ3v) is 7.72. The van der Waals surface area contributed by atoms with Gasteiger partial charge >= 0.3 is 0 Å². The zero-order chi connectivity index (χ0) is 23.1. The summed E-state index contributed by atoms with van der Waals surface area (Å²) in [6, 6.07) is 8.34. The molecule has 1 aromatic carbocycles. The Morgan fingerprint density at radius 2 is 1.97 bits per heavy atom. The molecule has 2 amide bonds. The Morgan fingerprint density at radius 1 is 1.18 bits per heavy atom. The van der Waals surface area contributed by atoms with E-state index in [-0.39, 0.29) is 17.9 Å². The molecule has 3 aromatic rings. The summed E-state index contributed by atoms with van der Waals surface area (Å²) in [5, 5.41) is 4.15. The first-order valence-electron chi connectivity index (χ1n) is 11.3. The standard InChI is InChI=1S/C25H26ClN3O3S/c1-14-9-16(26)10-20(24(14)32-17-4-3-15(2)28-12-17)19-7-8-27-21-11-18(33-25(19)21)13-29-22(30)5-6-23(29)31/h7-11,15,17,28H,3-6,12-13H2,1-2H3/t15-,17+/m1/s1. The van der Waals surface area contributed by atoms with Gasteiger partial charge in [0.25, 0.3) is 0 Å². The quantitative estimate of drug-likeness (QED) is 0.511. The molecule has 2 aromatic heterocycles. The minimum atomic E-state index is -0.109. The van der Waals surface area contributed by atoms with E-state index in [1.165, 1.54) is 4.90 Å². The van der Waals surface area contributed by atoms with Gasteiger partial charge in [0.1, 0.15) is 11.9 Å². The van der Waals surface area contributed by atoms with Gasteiger partial charge in [-0.1, -0.05) is 11.6 Å². The van der Waals surface area contributed by atoms with Crippen molar-refractivity contribution in [2.75, 3.05) is 6.54 Å². The third-order valence-electron chi connectivity index (χ3n) is 6.36. The van der Waals surface area contributed by atoms with Crippen LogP contribution in [-0.2, 0) is 16.1 Å². The minimum absolute atomic E-state index is 0.100. The van der Waals surface area contributed by atoms with E-state index in [1.54, 1.807) is 17.5 Å². The summed E-state index contributed by atoms with van der Waals surface area (Å²) in [4.78, 5) is 31.0. The number of carbonyl (C=O) groups is 2.